The number of benzene rings is 3. The maximum Gasteiger partial charge on any atom is 0.326 e. The Kier molecular flexibility index (Phi) is 11.5. The highest BCUT2D eigenvalue weighted by Crippen LogP contribution is 2.38. The average molecular weight is 672 g/mol. The summed E-state index contributed by atoms with van der Waals surface area (Å²) < 4.78 is 15.0. The summed E-state index contributed by atoms with van der Waals surface area (Å²) in [5.41, 5.74) is 7.06. The zero-order chi connectivity index (χ0) is 34.2. The van der Waals surface area contributed by atoms with E-state index in [1.54, 1.807) is 5.48 Å². The van der Waals surface area contributed by atoms with Crippen LogP contribution in [0.4, 0.5) is 0 Å². The summed E-state index contributed by atoms with van der Waals surface area (Å²) in [6.45, 7) is 2.82. The minimum absolute atomic E-state index is 0.0169. The van der Waals surface area contributed by atoms with Gasteiger partial charge in [-0.2, -0.15) is 0 Å². The van der Waals surface area contributed by atoms with Crippen molar-refractivity contribution in [2.24, 2.45) is 0 Å². The molecule has 6 rings (SSSR count). The van der Waals surface area contributed by atoms with Crippen LogP contribution in [-0.2, 0) is 32.2 Å². The highest BCUT2D eigenvalue weighted by Gasteiger charge is 2.34. The molecule has 0 spiro atoms. The third-order valence-corrected chi connectivity index (χ3v) is 9.55. The number of para-hydroxylation sites is 2. The molecule has 0 unspecified atom stereocenters. The monoisotopic (exact) mass is 671 g/mol. The number of nitrogens with one attached hydrogen (secondary N) is 3. The fourth-order valence-electron chi connectivity index (χ4n) is 6.83. The number of fused-ring (bicyclic) bond motifs is 1. The summed E-state index contributed by atoms with van der Waals surface area (Å²) in [7, 11) is 0. The lowest BCUT2D eigenvalue weighted by Crippen LogP contribution is -2.43. The Balaban J connectivity index is 1.07. The predicted molar refractivity (Wildman–Crippen MR) is 182 cm³/mol. The van der Waals surface area contributed by atoms with E-state index in [4.69, 9.17) is 14.7 Å². The number of aromatic nitrogens is 2. The van der Waals surface area contributed by atoms with E-state index in [-0.39, 0.29) is 42.9 Å². The number of imidazole rings is 1. The van der Waals surface area contributed by atoms with Crippen LogP contribution in [0.25, 0.3) is 11.0 Å². The first kappa shape index (κ1) is 34.5. The largest absolute Gasteiger partial charge is 0.392 e. The first-order chi connectivity index (χ1) is 23.9. The van der Waals surface area contributed by atoms with Gasteiger partial charge in [0, 0.05) is 57.0 Å². The molecule has 2 aliphatic heterocycles. The smallest absolute Gasteiger partial charge is 0.326 e. The van der Waals surface area contributed by atoms with Crippen LogP contribution in [0.2, 0.25) is 0 Å². The number of rotatable bonds is 13. The Hall–Kier alpha value is -4.33. The van der Waals surface area contributed by atoms with Gasteiger partial charge in [-0.15, -0.1) is 0 Å². The first-order valence-electron chi connectivity index (χ1n) is 17.1. The number of nitrogens with zero attached hydrogens (tertiary/aromatic N) is 2. The molecule has 3 heterocycles. The number of aromatic amines is 1. The maximum absolute atomic E-state index is 12.8. The number of carbonyl (C=O) groups is 2. The van der Waals surface area contributed by atoms with Gasteiger partial charge in [-0.25, -0.2) is 10.3 Å². The van der Waals surface area contributed by atoms with Crippen LogP contribution in [-0.4, -0.2) is 62.3 Å². The van der Waals surface area contributed by atoms with Crippen LogP contribution in [0.5, 0.6) is 0 Å². The second kappa shape index (κ2) is 16.4. The topological polar surface area (TPSA) is 158 Å². The predicted octanol–water partition coefficient (Wildman–Crippen LogP) is 4.39. The van der Waals surface area contributed by atoms with Gasteiger partial charge in [0.2, 0.25) is 11.8 Å². The normalized spacial score (nSPS) is 20.3. The van der Waals surface area contributed by atoms with Crippen molar-refractivity contribution < 1.29 is 29.4 Å². The lowest BCUT2D eigenvalue weighted by molar-refractivity contribution is -0.253. The van der Waals surface area contributed by atoms with Crippen LogP contribution in [0.3, 0.4) is 0 Å². The Morgan fingerprint density at radius 3 is 2.24 bits per heavy atom. The molecule has 2 aliphatic rings. The van der Waals surface area contributed by atoms with Gasteiger partial charge in [0.05, 0.1) is 29.8 Å². The molecule has 3 atom stereocenters. The maximum atomic E-state index is 12.8. The summed E-state index contributed by atoms with van der Waals surface area (Å²) in [6.07, 6.45) is 3.14. The number of H-pyrrole nitrogens is 1. The zero-order valence-corrected chi connectivity index (χ0v) is 27.6. The molecule has 2 saturated heterocycles. The van der Waals surface area contributed by atoms with Crippen molar-refractivity contribution >= 4 is 22.8 Å². The Morgan fingerprint density at radius 2 is 1.53 bits per heavy atom. The van der Waals surface area contributed by atoms with Crippen LogP contribution in [0, 0.1) is 0 Å². The van der Waals surface area contributed by atoms with Crippen molar-refractivity contribution in [1.29, 1.82) is 0 Å². The highest BCUT2D eigenvalue weighted by molar-refractivity contribution is 5.76. The fourth-order valence-corrected chi connectivity index (χ4v) is 6.83. The van der Waals surface area contributed by atoms with E-state index in [0.29, 0.717) is 32.2 Å². The van der Waals surface area contributed by atoms with Gasteiger partial charge >= 0.3 is 5.69 Å². The first-order valence-corrected chi connectivity index (χ1v) is 17.1. The number of amides is 2. The molecule has 0 aliphatic carbocycles. The molecule has 0 bridgehead atoms. The molecule has 1 aromatic heterocycles. The van der Waals surface area contributed by atoms with Gasteiger partial charge in [-0.3, -0.25) is 19.4 Å². The van der Waals surface area contributed by atoms with Gasteiger partial charge in [0.1, 0.15) is 0 Å². The van der Waals surface area contributed by atoms with Crippen molar-refractivity contribution in [1.82, 2.24) is 25.2 Å². The summed E-state index contributed by atoms with van der Waals surface area (Å²) >= 11 is 0. The number of carbonyl (C=O) groups excluding carboxylic acids is 2. The fraction of sp³-hybridized carbons (Fsp3) is 0.432. The molecule has 12 heteroatoms. The third kappa shape index (κ3) is 8.83. The van der Waals surface area contributed by atoms with E-state index in [2.05, 4.69) is 15.2 Å². The number of hydroxylamine groups is 1. The molecule has 260 valence electrons. The highest BCUT2D eigenvalue weighted by atomic mass is 16.7. The van der Waals surface area contributed by atoms with Gasteiger partial charge < -0.3 is 29.8 Å². The molecule has 5 N–H and O–H groups in total. The van der Waals surface area contributed by atoms with E-state index < -0.39 is 12.2 Å². The molecule has 4 aromatic rings. The minimum Gasteiger partial charge on any atom is -0.392 e. The van der Waals surface area contributed by atoms with Crippen molar-refractivity contribution in [3.63, 3.8) is 0 Å². The lowest BCUT2D eigenvalue weighted by Gasteiger charge is -2.40. The second-order valence-corrected chi connectivity index (χ2v) is 13.0. The quantitative estimate of drug-likeness (QED) is 0.0796. The Labute approximate surface area is 285 Å². The van der Waals surface area contributed by atoms with Crippen LogP contribution >= 0.6 is 0 Å². The number of ether oxygens (including phenoxy) is 2. The Bertz CT molecular complexity index is 1750. The number of likely N-dealkylation sites (tertiary alicyclic amines) is 1. The summed E-state index contributed by atoms with van der Waals surface area (Å²) in [5.74, 6) is -0.549. The number of aliphatic hydroxyl groups excluding tert-OH is 1. The van der Waals surface area contributed by atoms with Crippen molar-refractivity contribution in [2.45, 2.75) is 82.6 Å². The van der Waals surface area contributed by atoms with Crippen molar-refractivity contribution in [3.8, 4) is 0 Å². The molecular formula is C37H45N5O7. The average Bonchev–Trinajstić information content (AvgIpc) is 3.48. The number of piperidine rings is 1. The van der Waals surface area contributed by atoms with E-state index in [1.165, 1.54) is 0 Å². The summed E-state index contributed by atoms with van der Waals surface area (Å²) in [4.78, 5) is 41.6. The minimum atomic E-state index is -0.580. The zero-order valence-electron chi connectivity index (χ0n) is 27.6. The van der Waals surface area contributed by atoms with Crippen molar-refractivity contribution in [3.05, 3.63) is 106 Å². The van der Waals surface area contributed by atoms with Gasteiger partial charge in [-0.1, -0.05) is 60.7 Å². The molecule has 49 heavy (non-hydrogen) atoms. The van der Waals surface area contributed by atoms with Crippen molar-refractivity contribution in [2.75, 3.05) is 19.6 Å². The van der Waals surface area contributed by atoms with Gasteiger partial charge in [0.25, 0.3) is 0 Å². The molecule has 0 radical (unpaired) electrons. The van der Waals surface area contributed by atoms with Crippen LogP contribution in [0.15, 0.2) is 77.6 Å². The lowest BCUT2D eigenvalue weighted by atomic mass is 9.98. The van der Waals surface area contributed by atoms with E-state index >= 15 is 0 Å². The summed E-state index contributed by atoms with van der Waals surface area (Å²) in [6, 6.07) is 23.7. The molecular weight excluding hydrogens is 626 g/mol. The van der Waals surface area contributed by atoms with Gasteiger partial charge in [-0.05, 0) is 54.5 Å². The van der Waals surface area contributed by atoms with Crippen LogP contribution in [0.1, 0.15) is 85.6 Å². The van der Waals surface area contributed by atoms with E-state index in [0.717, 1.165) is 65.8 Å². The standard InChI is InChI=1S/C37H45N5O7/c43-24-26-11-13-27(14-12-26)33-21-30(23-41-19-17-29(18-20-41)42-32-6-2-1-5-31(32)39-37(42)46)48-36(49-33)28-15-9-25(10-16-28)22-38-34(44)7-3-4-8-35(45)40-47/h1-2,5-6,9-16,29-30,33,36,43,47H,3-4,7-8,17-24H2,(H,38,44)(H,39,46)(H,40,45)/t30-,33+,36+/m1/s1. The Morgan fingerprint density at radius 1 is 0.857 bits per heavy atom. The second-order valence-electron chi connectivity index (χ2n) is 13.0. The number of unbranched alkanes of at least 4 members (excludes halogenated alkanes) is 1. The molecule has 2 fully saturated rings. The van der Waals surface area contributed by atoms with Gasteiger partial charge in [0.15, 0.2) is 6.29 Å². The molecule has 3 aromatic carbocycles. The summed E-state index contributed by atoms with van der Waals surface area (Å²) in [5, 5.41) is 21.0. The SMILES string of the molecule is O=C(CCCCC(=O)NCc1ccc([C@H]2O[C@@H](CN3CCC(n4c(=O)[nH]c5ccccc54)CC3)C[C@@H](c3ccc(CO)cc3)O2)cc1)NO. The molecule has 12 nitrogen and oxygen atoms in total. The molecule has 0 saturated carbocycles. The van der Waals surface area contributed by atoms with E-state index in [9.17, 15) is 19.5 Å². The third-order valence-electron chi connectivity index (χ3n) is 9.55. The molecule has 2 amide bonds. The van der Waals surface area contributed by atoms with Crippen LogP contribution < -0.4 is 16.5 Å². The number of hydrogen-bond donors (Lipinski definition) is 5. The number of aliphatic hydroxyl groups is 1. The van der Waals surface area contributed by atoms with E-state index in [1.807, 2.05) is 77.4 Å². The number of hydrogen-bond acceptors (Lipinski definition) is 8.